The van der Waals surface area contributed by atoms with E-state index in [1.165, 1.54) is 17.7 Å². The zero-order valence-corrected chi connectivity index (χ0v) is 11.3. The quantitative estimate of drug-likeness (QED) is 0.935. The van der Waals surface area contributed by atoms with Gasteiger partial charge in [-0.3, -0.25) is 0 Å². The lowest BCUT2D eigenvalue weighted by Crippen LogP contribution is -2.26. The predicted molar refractivity (Wildman–Crippen MR) is 75.0 cm³/mol. The van der Waals surface area contributed by atoms with Crippen molar-refractivity contribution < 1.29 is 0 Å². The Labute approximate surface area is 114 Å². The Morgan fingerprint density at radius 3 is 3.00 bits per heavy atom. The summed E-state index contributed by atoms with van der Waals surface area (Å²) < 4.78 is 0. The van der Waals surface area contributed by atoms with E-state index in [9.17, 15) is 0 Å². The number of nitrogen functional groups attached to an aromatic ring is 1. The molecule has 3 rings (SSSR count). The Bertz CT molecular complexity index is 539. The highest BCUT2D eigenvalue weighted by atomic mass is 35.5. The molecule has 2 aromatic rings. The molecule has 0 bridgehead atoms. The van der Waals surface area contributed by atoms with Crippen LogP contribution in [-0.2, 0) is 6.54 Å². The van der Waals surface area contributed by atoms with Crippen LogP contribution in [-0.4, -0.2) is 16.0 Å². The number of nitrogens with zero attached hydrogens (tertiary/aromatic N) is 3. The van der Waals surface area contributed by atoms with Crippen molar-refractivity contribution in [2.24, 2.45) is 0 Å². The molecule has 18 heavy (non-hydrogen) atoms. The summed E-state index contributed by atoms with van der Waals surface area (Å²) in [6, 6.07) is 4.71. The molecule has 0 unspecified atom stereocenters. The second-order valence-electron chi connectivity index (χ2n) is 4.34. The highest BCUT2D eigenvalue weighted by Gasteiger charge is 2.31. The molecule has 0 amide bonds. The van der Waals surface area contributed by atoms with Crippen LogP contribution in [0.25, 0.3) is 0 Å². The fraction of sp³-hybridized carbons (Fsp3) is 0.333. The van der Waals surface area contributed by atoms with Crippen LogP contribution in [0.15, 0.2) is 23.7 Å². The first-order valence-electron chi connectivity index (χ1n) is 5.81. The molecule has 1 saturated carbocycles. The van der Waals surface area contributed by atoms with Gasteiger partial charge in [0.1, 0.15) is 5.02 Å². The topological polar surface area (TPSA) is 55.0 Å². The molecule has 94 valence electrons. The number of halogens is 1. The van der Waals surface area contributed by atoms with Gasteiger partial charge in [0.25, 0.3) is 0 Å². The van der Waals surface area contributed by atoms with Gasteiger partial charge < -0.3 is 10.6 Å². The molecular formula is C12H13ClN4S. The smallest absolute Gasteiger partial charge is 0.222 e. The molecule has 2 aromatic heterocycles. The third-order valence-electron chi connectivity index (χ3n) is 2.91. The Kier molecular flexibility index (Phi) is 3.09. The molecule has 1 aliphatic rings. The van der Waals surface area contributed by atoms with Crippen molar-refractivity contribution in [3.63, 3.8) is 0 Å². The summed E-state index contributed by atoms with van der Waals surface area (Å²) in [6.07, 6.45) is 3.94. The van der Waals surface area contributed by atoms with Crippen molar-refractivity contribution in [1.29, 1.82) is 0 Å². The molecular weight excluding hydrogens is 268 g/mol. The monoisotopic (exact) mass is 280 g/mol. The molecule has 0 atom stereocenters. The van der Waals surface area contributed by atoms with Crippen LogP contribution in [0.4, 0.5) is 11.8 Å². The van der Waals surface area contributed by atoms with Gasteiger partial charge >= 0.3 is 0 Å². The highest BCUT2D eigenvalue weighted by molar-refractivity contribution is 7.09. The van der Waals surface area contributed by atoms with Gasteiger partial charge in [-0.05, 0) is 24.3 Å². The summed E-state index contributed by atoms with van der Waals surface area (Å²) in [7, 11) is 0. The van der Waals surface area contributed by atoms with E-state index >= 15 is 0 Å². The van der Waals surface area contributed by atoms with Gasteiger partial charge in [0.15, 0.2) is 5.82 Å². The van der Waals surface area contributed by atoms with Crippen molar-refractivity contribution in [2.75, 3.05) is 10.6 Å². The second-order valence-corrected chi connectivity index (χ2v) is 5.78. The summed E-state index contributed by atoms with van der Waals surface area (Å²) >= 11 is 7.93. The number of nitrogens with two attached hydrogens (primary N) is 1. The van der Waals surface area contributed by atoms with Gasteiger partial charge in [-0.25, -0.2) is 4.98 Å². The molecule has 6 heteroatoms. The summed E-state index contributed by atoms with van der Waals surface area (Å²) in [5, 5.41) is 2.64. The standard InChI is InChI=1S/C12H13ClN4S/c13-10-6-15-12(14)16-11(10)17(8-3-4-8)7-9-2-1-5-18-9/h1-2,5-6,8H,3-4,7H2,(H2,14,15,16). The van der Waals surface area contributed by atoms with E-state index in [1.807, 2.05) is 0 Å². The van der Waals surface area contributed by atoms with Crippen molar-refractivity contribution in [3.8, 4) is 0 Å². The maximum absolute atomic E-state index is 6.18. The van der Waals surface area contributed by atoms with Gasteiger partial charge in [-0.15, -0.1) is 11.3 Å². The molecule has 2 heterocycles. The summed E-state index contributed by atoms with van der Waals surface area (Å²) in [5.41, 5.74) is 5.65. The molecule has 0 spiro atoms. The summed E-state index contributed by atoms with van der Waals surface area (Å²) in [5.74, 6) is 1.02. The second kappa shape index (κ2) is 4.74. The Morgan fingerprint density at radius 1 is 1.50 bits per heavy atom. The van der Waals surface area contributed by atoms with Crippen molar-refractivity contribution in [2.45, 2.75) is 25.4 Å². The molecule has 1 aliphatic carbocycles. The number of hydrogen-bond acceptors (Lipinski definition) is 5. The lowest BCUT2D eigenvalue weighted by atomic mass is 10.3. The fourth-order valence-corrected chi connectivity index (χ4v) is 2.81. The number of aromatic nitrogens is 2. The van der Waals surface area contributed by atoms with Crippen LogP contribution < -0.4 is 10.6 Å². The van der Waals surface area contributed by atoms with Crippen LogP contribution >= 0.6 is 22.9 Å². The van der Waals surface area contributed by atoms with E-state index in [0.29, 0.717) is 11.1 Å². The Morgan fingerprint density at radius 2 is 2.33 bits per heavy atom. The average molecular weight is 281 g/mol. The largest absolute Gasteiger partial charge is 0.368 e. The van der Waals surface area contributed by atoms with Gasteiger partial charge in [-0.2, -0.15) is 4.98 Å². The van der Waals surface area contributed by atoms with E-state index < -0.39 is 0 Å². The number of thiophene rings is 1. The third kappa shape index (κ3) is 2.42. The first kappa shape index (κ1) is 11.7. The lowest BCUT2D eigenvalue weighted by molar-refractivity contribution is 0.785. The molecule has 0 radical (unpaired) electrons. The van der Waals surface area contributed by atoms with E-state index in [2.05, 4.69) is 32.4 Å². The summed E-state index contributed by atoms with van der Waals surface area (Å²) in [6.45, 7) is 0.832. The van der Waals surface area contributed by atoms with Crippen LogP contribution in [0.3, 0.4) is 0 Å². The Hall–Kier alpha value is -1.33. The zero-order valence-electron chi connectivity index (χ0n) is 9.71. The minimum absolute atomic E-state index is 0.270. The van der Waals surface area contributed by atoms with Crippen molar-refractivity contribution in [3.05, 3.63) is 33.6 Å². The number of anilines is 2. The molecule has 1 fully saturated rings. The van der Waals surface area contributed by atoms with Gasteiger partial charge in [0.2, 0.25) is 5.95 Å². The lowest BCUT2D eigenvalue weighted by Gasteiger charge is -2.23. The van der Waals surface area contributed by atoms with Crippen LogP contribution in [0.2, 0.25) is 5.02 Å². The third-order valence-corrected chi connectivity index (χ3v) is 4.04. The number of rotatable bonds is 4. The SMILES string of the molecule is Nc1ncc(Cl)c(N(Cc2cccs2)C2CC2)n1. The maximum atomic E-state index is 6.18. The molecule has 0 aromatic carbocycles. The normalized spacial score (nSPS) is 14.7. The van der Waals surface area contributed by atoms with E-state index in [0.717, 1.165) is 12.4 Å². The zero-order chi connectivity index (χ0) is 12.5. The van der Waals surface area contributed by atoms with Gasteiger partial charge in [0, 0.05) is 10.9 Å². The van der Waals surface area contributed by atoms with Crippen LogP contribution in [0.5, 0.6) is 0 Å². The van der Waals surface area contributed by atoms with E-state index in [1.54, 1.807) is 17.5 Å². The first-order valence-corrected chi connectivity index (χ1v) is 7.07. The van der Waals surface area contributed by atoms with Gasteiger partial charge in [0.05, 0.1) is 12.7 Å². The fourth-order valence-electron chi connectivity index (χ4n) is 1.91. The van der Waals surface area contributed by atoms with Crippen LogP contribution in [0.1, 0.15) is 17.7 Å². The van der Waals surface area contributed by atoms with Crippen LogP contribution in [0, 0.1) is 0 Å². The minimum atomic E-state index is 0.270. The minimum Gasteiger partial charge on any atom is -0.368 e. The molecule has 0 aliphatic heterocycles. The predicted octanol–water partition coefficient (Wildman–Crippen LogP) is 2.94. The highest BCUT2D eigenvalue weighted by Crippen LogP contribution is 2.36. The molecule has 2 N–H and O–H groups in total. The van der Waals surface area contributed by atoms with Crippen molar-refractivity contribution in [1.82, 2.24) is 9.97 Å². The number of hydrogen-bond donors (Lipinski definition) is 1. The maximum Gasteiger partial charge on any atom is 0.222 e. The summed E-state index contributed by atoms with van der Waals surface area (Å²) in [4.78, 5) is 11.7. The van der Waals surface area contributed by atoms with Gasteiger partial charge in [-0.1, -0.05) is 17.7 Å². The first-order chi connectivity index (χ1) is 8.74. The molecule has 0 saturated heterocycles. The van der Waals surface area contributed by atoms with Crippen molar-refractivity contribution >= 4 is 34.7 Å². The average Bonchev–Trinajstić information content (AvgIpc) is 3.07. The van der Waals surface area contributed by atoms with E-state index in [4.69, 9.17) is 17.3 Å². The molecule has 4 nitrogen and oxygen atoms in total. The Balaban J connectivity index is 1.91. The van der Waals surface area contributed by atoms with E-state index in [-0.39, 0.29) is 5.95 Å².